The first-order valence-electron chi connectivity index (χ1n) is 10.8. The third-order valence-corrected chi connectivity index (χ3v) is 6.27. The van der Waals surface area contributed by atoms with Crippen molar-refractivity contribution >= 4 is 17.1 Å². The quantitative estimate of drug-likeness (QED) is 0.480. The lowest BCUT2D eigenvalue weighted by molar-refractivity contribution is -0.00716. The Kier molecular flexibility index (Phi) is 6.36. The van der Waals surface area contributed by atoms with Crippen molar-refractivity contribution in [2.45, 2.75) is 38.0 Å². The van der Waals surface area contributed by atoms with Crippen LogP contribution < -0.4 is 16.0 Å². The minimum Gasteiger partial charge on any atom is -0.507 e. The number of rotatable bonds is 6. The van der Waals surface area contributed by atoms with Gasteiger partial charge in [0, 0.05) is 50.4 Å². The normalized spacial score (nSPS) is 28.0. The molecule has 4 rings (SSSR count). The van der Waals surface area contributed by atoms with Gasteiger partial charge in [-0.05, 0) is 31.9 Å². The number of ether oxygens (including phenoxy) is 1. The van der Waals surface area contributed by atoms with Crippen LogP contribution in [0.5, 0.6) is 0 Å². The zero-order valence-corrected chi connectivity index (χ0v) is 17.6. The van der Waals surface area contributed by atoms with Gasteiger partial charge in [-0.3, -0.25) is 4.90 Å². The van der Waals surface area contributed by atoms with E-state index in [-0.39, 0.29) is 11.9 Å². The summed E-state index contributed by atoms with van der Waals surface area (Å²) in [5, 5.41) is 22.1. The molecular weight excluding hydrogens is 380 g/mol. The highest BCUT2D eigenvalue weighted by molar-refractivity contribution is 5.78. The second-order valence-corrected chi connectivity index (χ2v) is 8.19. The highest BCUT2D eigenvalue weighted by Crippen LogP contribution is 2.35. The van der Waals surface area contributed by atoms with E-state index in [0.29, 0.717) is 29.2 Å². The van der Waals surface area contributed by atoms with Crippen molar-refractivity contribution in [2.24, 2.45) is 0 Å². The van der Waals surface area contributed by atoms with Gasteiger partial charge in [-0.1, -0.05) is 18.7 Å². The van der Waals surface area contributed by atoms with Crippen LogP contribution in [0.2, 0.25) is 0 Å². The van der Waals surface area contributed by atoms with E-state index in [0.717, 1.165) is 45.0 Å². The lowest BCUT2D eigenvalue weighted by Gasteiger charge is -2.43. The first kappa shape index (κ1) is 20.8. The number of nitrogens with two attached hydrogens (primary N) is 1. The molecule has 0 aliphatic carbocycles. The molecule has 0 spiro atoms. The Hall–Kier alpha value is -2.42. The minimum atomic E-state index is 0.0732. The smallest absolute Gasteiger partial charge is 0.169 e. The van der Waals surface area contributed by atoms with E-state index in [4.69, 9.17) is 10.5 Å². The summed E-state index contributed by atoms with van der Waals surface area (Å²) in [5.74, 6) is 0.494. The Bertz CT molecular complexity index is 819. The maximum atomic E-state index is 10.2. The van der Waals surface area contributed by atoms with Gasteiger partial charge in [-0.25, -0.2) is 0 Å². The Morgan fingerprint density at radius 1 is 1.37 bits per heavy atom. The molecular formula is C22H32N6O2. The number of anilines is 2. The van der Waals surface area contributed by atoms with E-state index >= 15 is 0 Å². The van der Waals surface area contributed by atoms with E-state index in [1.165, 1.54) is 18.9 Å². The maximum Gasteiger partial charge on any atom is 0.169 e. The number of fused-ring (bicyclic) bond motifs is 2. The minimum absolute atomic E-state index is 0.0732. The third kappa shape index (κ3) is 4.21. The summed E-state index contributed by atoms with van der Waals surface area (Å²) in [6, 6.07) is 2.90. The Morgan fingerprint density at radius 2 is 2.13 bits per heavy atom. The molecule has 3 aliphatic rings. The molecule has 3 atom stereocenters. The van der Waals surface area contributed by atoms with Gasteiger partial charge in [0.1, 0.15) is 5.76 Å². The highest BCUT2D eigenvalue weighted by atomic mass is 16.5. The van der Waals surface area contributed by atoms with Gasteiger partial charge >= 0.3 is 0 Å². The lowest BCUT2D eigenvalue weighted by Crippen LogP contribution is -2.57. The topological polar surface area (TPSA) is 99.8 Å². The maximum absolute atomic E-state index is 10.2. The first-order chi connectivity index (χ1) is 14.6. The number of nitrogens with zero attached hydrogens (tertiary/aromatic N) is 4. The second kappa shape index (κ2) is 9.16. The van der Waals surface area contributed by atoms with Crippen LogP contribution in [-0.4, -0.2) is 77.7 Å². The van der Waals surface area contributed by atoms with Gasteiger partial charge in [-0.2, -0.15) is 0 Å². The van der Waals surface area contributed by atoms with Gasteiger partial charge in [0.05, 0.1) is 24.1 Å². The largest absolute Gasteiger partial charge is 0.507 e. The van der Waals surface area contributed by atoms with Crippen LogP contribution in [0.4, 0.5) is 11.5 Å². The van der Waals surface area contributed by atoms with Crippen molar-refractivity contribution < 1.29 is 9.84 Å². The van der Waals surface area contributed by atoms with Crippen molar-refractivity contribution in [1.82, 2.24) is 20.4 Å². The van der Waals surface area contributed by atoms with Crippen molar-refractivity contribution in [2.75, 3.05) is 50.0 Å². The van der Waals surface area contributed by atoms with Crippen LogP contribution in [0.15, 0.2) is 36.6 Å². The number of piperazine rings is 1. The van der Waals surface area contributed by atoms with Gasteiger partial charge in [0.25, 0.3) is 0 Å². The number of aromatic nitrogens is 2. The molecule has 30 heavy (non-hydrogen) atoms. The fourth-order valence-corrected chi connectivity index (χ4v) is 4.81. The predicted molar refractivity (Wildman–Crippen MR) is 119 cm³/mol. The summed E-state index contributed by atoms with van der Waals surface area (Å²) in [5.41, 5.74) is 8.28. The lowest BCUT2D eigenvalue weighted by atomic mass is 10.1. The third-order valence-electron chi connectivity index (χ3n) is 6.27. The van der Waals surface area contributed by atoms with Crippen LogP contribution >= 0.6 is 0 Å². The van der Waals surface area contributed by atoms with Crippen molar-refractivity contribution in [1.29, 1.82) is 0 Å². The molecule has 3 saturated heterocycles. The number of aliphatic hydroxyl groups excluding tert-OH is 1. The summed E-state index contributed by atoms with van der Waals surface area (Å²) in [7, 11) is 0. The number of hydrogen-bond acceptors (Lipinski definition) is 8. The average molecular weight is 413 g/mol. The molecule has 0 saturated carbocycles. The van der Waals surface area contributed by atoms with Crippen LogP contribution in [0, 0.1) is 0 Å². The molecule has 0 radical (unpaired) electrons. The molecule has 1 aromatic heterocycles. The number of morpholine rings is 1. The molecule has 3 unspecified atom stereocenters. The Labute approximate surface area is 178 Å². The molecule has 4 heterocycles. The number of hydrogen-bond donors (Lipinski definition) is 3. The molecule has 2 bridgehead atoms. The van der Waals surface area contributed by atoms with Crippen LogP contribution in [0.1, 0.15) is 25.5 Å². The summed E-state index contributed by atoms with van der Waals surface area (Å²) in [4.78, 5) is 4.94. The molecule has 8 nitrogen and oxygen atoms in total. The monoisotopic (exact) mass is 412 g/mol. The first-order valence-corrected chi connectivity index (χ1v) is 10.8. The zero-order chi connectivity index (χ0) is 21.1. The predicted octanol–water partition coefficient (Wildman–Crippen LogP) is 1.73. The second-order valence-electron chi connectivity index (χ2n) is 8.19. The summed E-state index contributed by atoms with van der Waals surface area (Å²) >= 11 is 0. The molecule has 0 aromatic carbocycles. The van der Waals surface area contributed by atoms with Crippen LogP contribution in [0.25, 0.3) is 5.57 Å². The fraction of sp³-hybridized carbons (Fsp3) is 0.545. The van der Waals surface area contributed by atoms with Crippen molar-refractivity contribution in [3.8, 4) is 0 Å². The highest BCUT2D eigenvalue weighted by Gasteiger charge is 2.41. The molecule has 8 heteroatoms. The van der Waals surface area contributed by atoms with E-state index < -0.39 is 0 Å². The summed E-state index contributed by atoms with van der Waals surface area (Å²) in [6.07, 6.45) is 7.72. The fourth-order valence-electron chi connectivity index (χ4n) is 4.81. The number of allylic oxidation sites excluding steroid dienone is 4. The van der Waals surface area contributed by atoms with Crippen molar-refractivity contribution in [3.05, 3.63) is 42.3 Å². The molecule has 3 aliphatic heterocycles. The van der Waals surface area contributed by atoms with Gasteiger partial charge in [0.15, 0.2) is 5.82 Å². The van der Waals surface area contributed by atoms with E-state index in [9.17, 15) is 5.11 Å². The van der Waals surface area contributed by atoms with Gasteiger partial charge in [0.2, 0.25) is 0 Å². The Morgan fingerprint density at radius 3 is 2.77 bits per heavy atom. The summed E-state index contributed by atoms with van der Waals surface area (Å²) < 4.78 is 5.93. The van der Waals surface area contributed by atoms with E-state index in [2.05, 4.69) is 31.9 Å². The molecule has 4 N–H and O–H groups in total. The van der Waals surface area contributed by atoms with Gasteiger partial charge in [-0.15, -0.1) is 10.2 Å². The number of aliphatic hydroxyl groups is 1. The van der Waals surface area contributed by atoms with Crippen LogP contribution in [0.3, 0.4) is 0 Å². The summed E-state index contributed by atoms with van der Waals surface area (Å²) in [6.45, 7) is 11.0. The Balaban J connectivity index is 1.53. The van der Waals surface area contributed by atoms with E-state index in [1.807, 2.05) is 19.1 Å². The average Bonchev–Trinajstić information content (AvgIpc) is 2.99. The number of nitrogen functional groups attached to an aromatic ring is 1. The van der Waals surface area contributed by atoms with Crippen molar-refractivity contribution in [3.63, 3.8) is 0 Å². The molecule has 3 fully saturated rings. The van der Waals surface area contributed by atoms with E-state index in [1.54, 1.807) is 6.08 Å². The zero-order valence-electron chi connectivity index (χ0n) is 17.6. The molecule has 162 valence electrons. The molecule has 0 amide bonds. The standard InChI is InChI=1S/C22H32N6O2/c1-3-5-18(21(29)4-2)19-10-20(22(23)26-25-19)27-12-15-6-7-16(13-27)28(15)14-17-11-24-8-9-30-17/h3-5,10,15-17,24,29H,2,6-9,11-14H2,1H3,(H2,23,26)/b5-3-,21-18-. The molecule has 1 aromatic rings. The number of nitrogens with one attached hydrogen (secondary N) is 1. The van der Waals surface area contributed by atoms with Crippen LogP contribution in [-0.2, 0) is 4.74 Å². The van der Waals surface area contributed by atoms with Gasteiger partial charge < -0.3 is 25.8 Å². The SMILES string of the molecule is C=C/C(O)=C(\C=C/C)c1cc(N2CC3CCC(C2)N3CC2CNCCO2)c(N)nn1.